The lowest BCUT2D eigenvalue weighted by atomic mass is 10.1. The van der Waals surface area contributed by atoms with Crippen molar-refractivity contribution in [3.63, 3.8) is 0 Å². The van der Waals surface area contributed by atoms with E-state index in [1.54, 1.807) is 37.4 Å². The zero-order valence-corrected chi connectivity index (χ0v) is 17.1. The molecule has 6 heteroatoms. The predicted molar refractivity (Wildman–Crippen MR) is 119 cm³/mol. The second-order valence-corrected chi connectivity index (χ2v) is 6.90. The van der Waals surface area contributed by atoms with E-state index < -0.39 is 0 Å². The van der Waals surface area contributed by atoms with Crippen molar-refractivity contribution in [1.82, 2.24) is 5.32 Å². The summed E-state index contributed by atoms with van der Waals surface area (Å²) in [5.74, 6) is 0.494. The van der Waals surface area contributed by atoms with Gasteiger partial charge in [0, 0.05) is 23.5 Å². The van der Waals surface area contributed by atoms with Gasteiger partial charge in [0.1, 0.15) is 5.75 Å². The van der Waals surface area contributed by atoms with Crippen molar-refractivity contribution in [3.05, 3.63) is 89.5 Å². The van der Waals surface area contributed by atoms with Gasteiger partial charge in [-0.1, -0.05) is 29.8 Å². The quantitative estimate of drug-likeness (QED) is 0.531. The Hall–Kier alpha value is -3.64. The molecule has 0 atom stereocenters. The molecule has 0 fully saturated rings. The Kier molecular flexibility index (Phi) is 7.19. The number of hydrogen-bond donors (Lipinski definition) is 3. The number of nitrogens with one attached hydrogen (secondary N) is 3. The molecule has 3 aromatic rings. The van der Waals surface area contributed by atoms with Crippen molar-refractivity contribution >= 4 is 23.2 Å². The van der Waals surface area contributed by atoms with Crippen LogP contribution in [0.4, 0.5) is 11.4 Å². The summed E-state index contributed by atoms with van der Waals surface area (Å²) in [5.41, 5.74) is 4.03. The minimum atomic E-state index is -0.168. The molecule has 0 aliphatic carbocycles. The maximum absolute atomic E-state index is 12.3. The highest BCUT2D eigenvalue weighted by atomic mass is 16.5. The predicted octanol–water partition coefficient (Wildman–Crippen LogP) is 3.98. The molecule has 3 aromatic carbocycles. The van der Waals surface area contributed by atoms with Crippen molar-refractivity contribution in [3.8, 4) is 5.75 Å². The Bertz CT molecular complexity index is 999. The molecule has 2 amide bonds. The van der Waals surface area contributed by atoms with E-state index in [-0.39, 0.29) is 18.4 Å². The van der Waals surface area contributed by atoms with Crippen molar-refractivity contribution in [2.75, 3.05) is 24.3 Å². The maximum Gasteiger partial charge on any atom is 0.255 e. The van der Waals surface area contributed by atoms with E-state index in [4.69, 9.17) is 4.74 Å². The molecule has 0 saturated carbocycles. The van der Waals surface area contributed by atoms with Gasteiger partial charge in [0.2, 0.25) is 5.91 Å². The van der Waals surface area contributed by atoms with Gasteiger partial charge in [-0.15, -0.1) is 0 Å². The average Bonchev–Trinajstić information content (AvgIpc) is 2.75. The molecule has 0 radical (unpaired) electrons. The number of aryl methyl sites for hydroxylation is 1. The Morgan fingerprint density at radius 2 is 1.53 bits per heavy atom. The Morgan fingerprint density at radius 1 is 0.867 bits per heavy atom. The van der Waals surface area contributed by atoms with Crippen LogP contribution < -0.4 is 20.7 Å². The maximum atomic E-state index is 12.3. The average molecular weight is 403 g/mol. The third kappa shape index (κ3) is 6.18. The number of amides is 2. The van der Waals surface area contributed by atoms with Gasteiger partial charge >= 0.3 is 0 Å². The van der Waals surface area contributed by atoms with Crippen molar-refractivity contribution in [2.24, 2.45) is 0 Å². The van der Waals surface area contributed by atoms with Crippen molar-refractivity contribution in [2.45, 2.75) is 13.5 Å². The largest absolute Gasteiger partial charge is 0.497 e. The van der Waals surface area contributed by atoms with Gasteiger partial charge in [-0.3, -0.25) is 9.59 Å². The first-order valence-electron chi connectivity index (χ1n) is 9.65. The molecule has 0 aliphatic heterocycles. The molecule has 0 spiro atoms. The molecule has 30 heavy (non-hydrogen) atoms. The standard InChI is InChI=1S/C24H25N3O3/c1-17-4-3-5-19(14-17)24(29)27-21-10-8-20(9-11-21)26-23(28)16-25-15-18-6-12-22(30-2)13-7-18/h3-14,25H,15-16H2,1-2H3,(H,26,28)(H,27,29). The smallest absolute Gasteiger partial charge is 0.255 e. The molecular weight excluding hydrogens is 378 g/mol. The van der Waals surface area contributed by atoms with Gasteiger partial charge in [0.25, 0.3) is 5.91 Å². The normalized spacial score (nSPS) is 10.3. The monoisotopic (exact) mass is 403 g/mol. The van der Waals surface area contributed by atoms with E-state index >= 15 is 0 Å². The summed E-state index contributed by atoms with van der Waals surface area (Å²) < 4.78 is 5.13. The number of methoxy groups -OCH3 is 1. The molecule has 3 N–H and O–H groups in total. The Morgan fingerprint density at radius 3 is 2.17 bits per heavy atom. The van der Waals surface area contributed by atoms with Gasteiger partial charge in [-0.2, -0.15) is 0 Å². The van der Waals surface area contributed by atoms with Gasteiger partial charge in [-0.25, -0.2) is 0 Å². The second-order valence-electron chi connectivity index (χ2n) is 6.90. The van der Waals surface area contributed by atoms with Crippen molar-refractivity contribution in [1.29, 1.82) is 0 Å². The minimum Gasteiger partial charge on any atom is -0.497 e. The molecule has 0 bridgehead atoms. The molecule has 0 aromatic heterocycles. The van der Waals surface area contributed by atoms with Gasteiger partial charge in [0.05, 0.1) is 13.7 Å². The molecule has 0 aliphatic rings. The first-order valence-corrected chi connectivity index (χ1v) is 9.65. The van der Waals surface area contributed by atoms with Gasteiger partial charge in [0.15, 0.2) is 0 Å². The highest BCUT2D eigenvalue weighted by Gasteiger charge is 2.07. The molecule has 0 heterocycles. The van der Waals surface area contributed by atoms with Crippen LogP contribution in [0.3, 0.4) is 0 Å². The third-order valence-electron chi connectivity index (χ3n) is 4.48. The summed E-state index contributed by atoms with van der Waals surface area (Å²) in [5, 5.41) is 8.80. The molecule has 3 rings (SSSR count). The highest BCUT2D eigenvalue weighted by Crippen LogP contribution is 2.15. The number of carbonyl (C=O) groups is 2. The number of carbonyl (C=O) groups excluding carboxylic acids is 2. The fraction of sp³-hybridized carbons (Fsp3) is 0.167. The van der Waals surface area contributed by atoms with Crippen LogP contribution in [-0.2, 0) is 11.3 Å². The molecule has 6 nitrogen and oxygen atoms in total. The van der Waals surface area contributed by atoms with Crippen LogP contribution in [0.25, 0.3) is 0 Å². The summed E-state index contributed by atoms with van der Waals surface area (Å²) in [7, 11) is 1.63. The Labute approximate surface area is 176 Å². The van der Waals surface area contributed by atoms with Crippen LogP contribution >= 0.6 is 0 Å². The first kappa shape index (κ1) is 21.1. The van der Waals surface area contributed by atoms with E-state index in [0.29, 0.717) is 23.5 Å². The number of benzene rings is 3. The second kappa shape index (κ2) is 10.2. The number of ether oxygens (including phenoxy) is 1. The van der Waals surface area contributed by atoms with Gasteiger partial charge < -0.3 is 20.7 Å². The van der Waals surface area contributed by atoms with Crippen molar-refractivity contribution < 1.29 is 14.3 Å². The lowest BCUT2D eigenvalue weighted by Gasteiger charge is -2.09. The van der Waals surface area contributed by atoms with Crippen LogP contribution in [0.5, 0.6) is 5.75 Å². The zero-order valence-electron chi connectivity index (χ0n) is 17.1. The number of anilines is 2. The number of hydrogen-bond acceptors (Lipinski definition) is 4. The summed E-state index contributed by atoms with van der Waals surface area (Å²) in [6.07, 6.45) is 0. The fourth-order valence-electron chi connectivity index (χ4n) is 2.90. The lowest BCUT2D eigenvalue weighted by molar-refractivity contribution is -0.115. The molecule has 154 valence electrons. The van der Waals surface area contributed by atoms with Crippen LogP contribution in [0, 0.1) is 6.92 Å². The summed E-state index contributed by atoms with van der Waals surface area (Å²) in [4.78, 5) is 24.4. The fourth-order valence-corrected chi connectivity index (χ4v) is 2.90. The third-order valence-corrected chi connectivity index (χ3v) is 4.48. The molecule has 0 saturated heterocycles. The lowest BCUT2D eigenvalue weighted by Crippen LogP contribution is -2.27. The summed E-state index contributed by atoms with van der Waals surface area (Å²) in [6.45, 7) is 2.72. The highest BCUT2D eigenvalue weighted by molar-refractivity contribution is 6.04. The van der Waals surface area contributed by atoms with E-state index in [1.807, 2.05) is 49.4 Å². The zero-order chi connectivity index (χ0) is 21.3. The van der Waals surface area contributed by atoms with E-state index in [2.05, 4.69) is 16.0 Å². The minimum absolute atomic E-state index is 0.139. The van der Waals surface area contributed by atoms with E-state index in [1.165, 1.54) is 0 Å². The Balaban J connectivity index is 1.45. The summed E-state index contributed by atoms with van der Waals surface area (Å²) in [6, 6.07) is 22.1. The summed E-state index contributed by atoms with van der Waals surface area (Å²) >= 11 is 0. The first-order chi connectivity index (χ1) is 14.5. The number of rotatable bonds is 8. The van der Waals surface area contributed by atoms with Crippen LogP contribution in [0.1, 0.15) is 21.5 Å². The van der Waals surface area contributed by atoms with Crippen LogP contribution in [0.15, 0.2) is 72.8 Å². The van der Waals surface area contributed by atoms with Crippen LogP contribution in [0.2, 0.25) is 0 Å². The van der Waals surface area contributed by atoms with E-state index in [0.717, 1.165) is 16.9 Å². The topological polar surface area (TPSA) is 79.5 Å². The molecular formula is C24H25N3O3. The van der Waals surface area contributed by atoms with Gasteiger partial charge in [-0.05, 0) is 61.0 Å². The molecule has 0 unspecified atom stereocenters. The SMILES string of the molecule is COc1ccc(CNCC(=O)Nc2ccc(NC(=O)c3cccc(C)c3)cc2)cc1. The van der Waals surface area contributed by atoms with E-state index in [9.17, 15) is 9.59 Å². The van der Waals surface area contributed by atoms with Crippen LogP contribution in [-0.4, -0.2) is 25.5 Å².